The second-order valence-corrected chi connectivity index (χ2v) is 10.0. The summed E-state index contributed by atoms with van der Waals surface area (Å²) in [5.41, 5.74) is 0.901. The van der Waals surface area contributed by atoms with Crippen molar-refractivity contribution in [3.8, 4) is 0 Å². The molecule has 3 heterocycles. The fourth-order valence-electron chi connectivity index (χ4n) is 4.16. The summed E-state index contributed by atoms with van der Waals surface area (Å²) in [5, 5.41) is 10.3. The standard InChI is InChI=1S/C18H22FN3O4S2/c19-13-4-5-14-16(11-13)27-20-17(14)12-6-9-21(10-7-12)28(25,26)22-8-2-1-3-15(22)18(23)24/h4-5,11-12,15H,1-3,6-10H2,(H,23,24). The van der Waals surface area contributed by atoms with Crippen LogP contribution in [-0.2, 0) is 15.0 Å². The van der Waals surface area contributed by atoms with Gasteiger partial charge in [0.15, 0.2) is 0 Å². The van der Waals surface area contributed by atoms with Gasteiger partial charge < -0.3 is 5.11 Å². The van der Waals surface area contributed by atoms with Crippen molar-refractivity contribution in [3.05, 3.63) is 29.7 Å². The van der Waals surface area contributed by atoms with Gasteiger partial charge >= 0.3 is 5.97 Å². The molecule has 28 heavy (non-hydrogen) atoms. The van der Waals surface area contributed by atoms with Gasteiger partial charge in [-0.05, 0) is 61.8 Å². The number of carbonyl (C=O) groups is 1. The molecule has 0 spiro atoms. The Balaban J connectivity index is 1.49. The summed E-state index contributed by atoms with van der Waals surface area (Å²) in [7, 11) is -3.80. The lowest BCUT2D eigenvalue weighted by Crippen LogP contribution is -2.54. The van der Waals surface area contributed by atoms with Crippen molar-refractivity contribution < 1.29 is 22.7 Å². The number of hydrogen-bond donors (Lipinski definition) is 1. The molecule has 0 amide bonds. The Hall–Kier alpha value is -1.62. The topological polar surface area (TPSA) is 90.8 Å². The van der Waals surface area contributed by atoms with Crippen LogP contribution in [0.15, 0.2) is 18.2 Å². The van der Waals surface area contributed by atoms with Crippen LogP contribution in [0, 0.1) is 5.82 Å². The highest BCUT2D eigenvalue weighted by atomic mass is 32.2. The SMILES string of the molecule is O=C(O)C1CCCCN1S(=O)(=O)N1CCC(c2nsc3cc(F)ccc23)CC1. The highest BCUT2D eigenvalue weighted by Gasteiger charge is 2.41. The molecule has 1 aromatic carbocycles. The van der Waals surface area contributed by atoms with Gasteiger partial charge in [-0.3, -0.25) is 4.79 Å². The minimum Gasteiger partial charge on any atom is -0.480 e. The first-order valence-electron chi connectivity index (χ1n) is 9.42. The van der Waals surface area contributed by atoms with E-state index in [1.165, 1.54) is 28.0 Å². The monoisotopic (exact) mass is 427 g/mol. The molecular weight excluding hydrogens is 405 g/mol. The molecule has 0 saturated carbocycles. The molecule has 10 heteroatoms. The van der Waals surface area contributed by atoms with Crippen LogP contribution in [0.4, 0.5) is 4.39 Å². The van der Waals surface area contributed by atoms with Crippen LogP contribution in [0.25, 0.3) is 10.1 Å². The molecule has 152 valence electrons. The smallest absolute Gasteiger partial charge is 0.322 e. The van der Waals surface area contributed by atoms with Crippen LogP contribution in [0.1, 0.15) is 43.7 Å². The number of piperidine rings is 2. The molecule has 0 aliphatic carbocycles. The van der Waals surface area contributed by atoms with E-state index >= 15 is 0 Å². The van der Waals surface area contributed by atoms with Gasteiger partial charge in [0, 0.05) is 30.9 Å². The van der Waals surface area contributed by atoms with E-state index in [2.05, 4.69) is 4.37 Å². The minimum atomic E-state index is -3.80. The first kappa shape index (κ1) is 19.7. The first-order valence-corrected chi connectivity index (χ1v) is 11.6. The van der Waals surface area contributed by atoms with Crippen molar-refractivity contribution in [3.63, 3.8) is 0 Å². The molecule has 2 saturated heterocycles. The van der Waals surface area contributed by atoms with Crippen molar-refractivity contribution in [1.82, 2.24) is 13.0 Å². The number of fused-ring (bicyclic) bond motifs is 1. The number of rotatable bonds is 4. The van der Waals surface area contributed by atoms with E-state index in [-0.39, 0.29) is 18.3 Å². The van der Waals surface area contributed by atoms with Gasteiger partial charge in [-0.2, -0.15) is 21.4 Å². The van der Waals surface area contributed by atoms with Gasteiger partial charge in [0.25, 0.3) is 10.2 Å². The maximum absolute atomic E-state index is 13.4. The van der Waals surface area contributed by atoms with E-state index in [9.17, 15) is 22.7 Å². The fraction of sp³-hybridized carbons (Fsp3) is 0.556. The van der Waals surface area contributed by atoms with Crippen molar-refractivity contribution in [1.29, 1.82) is 0 Å². The normalized spacial score (nSPS) is 23.2. The maximum atomic E-state index is 13.4. The van der Waals surface area contributed by atoms with E-state index in [1.807, 2.05) is 0 Å². The third-order valence-corrected chi connectivity index (χ3v) is 8.53. The molecule has 2 aliphatic heterocycles. The number of carboxylic acids is 1. The predicted molar refractivity (Wildman–Crippen MR) is 104 cm³/mol. The zero-order chi connectivity index (χ0) is 19.9. The van der Waals surface area contributed by atoms with Gasteiger partial charge in [0.05, 0.1) is 10.4 Å². The molecule has 1 aromatic heterocycles. The summed E-state index contributed by atoms with van der Waals surface area (Å²) in [6.07, 6.45) is 2.98. The summed E-state index contributed by atoms with van der Waals surface area (Å²) in [5.74, 6) is -1.26. The van der Waals surface area contributed by atoms with Gasteiger partial charge in [0.2, 0.25) is 0 Å². The minimum absolute atomic E-state index is 0.113. The molecule has 2 aromatic rings. The lowest BCUT2D eigenvalue weighted by atomic mass is 9.92. The molecule has 7 nitrogen and oxygen atoms in total. The van der Waals surface area contributed by atoms with Gasteiger partial charge in [-0.15, -0.1) is 0 Å². The van der Waals surface area contributed by atoms with Crippen molar-refractivity contribution in [2.45, 2.75) is 44.1 Å². The van der Waals surface area contributed by atoms with E-state index in [0.717, 1.165) is 26.5 Å². The second kappa shape index (κ2) is 7.66. The fourth-order valence-corrected chi connectivity index (χ4v) is 6.89. The zero-order valence-corrected chi connectivity index (χ0v) is 16.9. The number of nitrogens with zero attached hydrogens (tertiary/aromatic N) is 3. The molecule has 0 bridgehead atoms. The Labute approximate surface area is 167 Å². The predicted octanol–water partition coefficient (Wildman–Crippen LogP) is 2.80. The molecule has 2 fully saturated rings. The highest BCUT2D eigenvalue weighted by molar-refractivity contribution is 7.86. The molecular formula is C18H22FN3O4S2. The second-order valence-electron chi connectivity index (χ2n) is 7.35. The van der Waals surface area contributed by atoms with E-state index in [4.69, 9.17) is 0 Å². The van der Waals surface area contributed by atoms with Crippen LogP contribution in [0.2, 0.25) is 0 Å². The molecule has 4 rings (SSSR count). The van der Waals surface area contributed by atoms with Crippen LogP contribution in [-0.4, -0.2) is 58.2 Å². The Bertz CT molecular complexity index is 986. The third kappa shape index (κ3) is 3.54. The number of halogens is 1. The molecule has 2 aliphatic rings. The summed E-state index contributed by atoms with van der Waals surface area (Å²) in [4.78, 5) is 11.5. The summed E-state index contributed by atoms with van der Waals surface area (Å²) in [6.45, 7) is 0.910. The quantitative estimate of drug-likeness (QED) is 0.810. The number of carboxylic acid groups (broad SMARTS) is 1. The Morgan fingerprint density at radius 2 is 1.93 bits per heavy atom. The summed E-state index contributed by atoms with van der Waals surface area (Å²) < 4.78 is 47.3. The largest absolute Gasteiger partial charge is 0.480 e. The average molecular weight is 428 g/mol. The van der Waals surface area contributed by atoms with Crippen LogP contribution < -0.4 is 0 Å². The van der Waals surface area contributed by atoms with E-state index in [0.29, 0.717) is 38.8 Å². The van der Waals surface area contributed by atoms with Crippen LogP contribution >= 0.6 is 11.5 Å². The number of aromatic nitrogens is 1. The van der Waals surface area contributed by atoms with Crippen LogP contribution in [0.5, 0.6) is 0 Å². The van der Waals surface area contributed by atoms with E-state index < -0.39 is 22.2 Å². The molecule has 0 radical (unpaired) electrons. The molecule has 1 atom stereocenters. The number of benzene rings is 1. The Morgan fingerprint density at radius 3 is 2.64 bits per heavy atom. The van der Waals surface area contributed by atoms with E-state index in [1.54, 1.807) is 6.07 Å². The van der Waals surface area contributed by atoms with Gasteiger partial charge in [-0.25, -0.2) is 4.39 Å². The van der Waals surface area contributed by atoms with Crippen molar-refractivity contribution in [2.75, 3.05) is 19.6 Å². The van der Waals surface area contributed by atoms with Gasteiger partial charge in [0.1, 0.15) is 11.9 Å². The lowest BCUT2D eigenvalue weighted by molar-refractivity contribution is -0.142. The maximum Gasteiger partial charge on any atom is 0.322 e. The average Bonchev–Trinajstić information content (AvgIpc) is 3.11. The van der Waals surface area contributed by atoms with Crippen molar-refractivity contribution in [2.24, 2.45) is 0 Å². The summed E-state index contributed by atoms with van der Waals surface area (Å²) in [6, 6.07) is 3.65. The highest BCUT2D eigenvalue weighted by Crippen LogP contribution is 2.36. The summed E-state index contributed by atoms with van der Waals surface area (Å²) >= 11 is 1.26. The number of aliphatic carboxylic acids is 1. The third-order valence-electron chi connectivity index (χ3n) is 5.66. The number of hydrogen-bond acceptors (Lipinski definition) is 5. The molecule has 1 unspecified atom stereocenters. The lowest BCUT2D eigenvalue weighted by Gasteiger charge is -2.38. The van der Waals surface area contributed by atoms with Gasteiger partial charge in [-0.1, -0.05) is 0 Å². The zero-order valence-electron chi connectivity index (χ0n) is 15.3. The van der Waals surface area contributed by atoms with Crippen LogP contribution in [0.3, 0.4) is 0 Å². The first-order chi connectivity index (χ1) is 13.4. The Kier molecular flexibility index (Phi) is 5.38. The van der Waals surface area contributed by atoms with Crippen molar-refractivity contribution >= 4 is 37.8 Å². The molecule has 1 N–H and O–H groups in total. The Morgan fingerprint density at radius 1 is 1.18 bits per heavy atom.